The van der Waals surface area contributed by atoms with Crippen molar-refractivity contribution in [2.75, 3.05) is 12.1 Å². The van der Waals surface area contributed by atoms with E-state index in [4.69, 9.17) is 9.47 Å². The van der Waals surface area contributed by atoms with Gasteiger partial charge in [0, 0.05) is 30.4 Å². The molecule has 2 aromatic heterocycles. The molecule has 3 heterocycles. The maximum Gasteiger partial charge on any atom is 0.257 e. The second-order valence-corrected chi connectivity index (χ2v) is 8.76. The molecule has 32 heavy (non-hydrogen) atoms. The van der Waals surface area contributed by atoms with E-state index in [0.29, 0.717) is 40.5 Å². The minimum Gasteiger partial charge on any atom is -0.454 e. The Kier molecular flexibility index (Phi) is 6.13. The van der Waals surface area contributed by atoms with E-state index in [-0.39, 0.29) is 24.2 Å². The standard InChI is InChI=1S/C22H24N4O5S/c1-4-26-10-14(19(27)13-8-17-18(9-16(13)26)31-11-30-17)20(28)24-15(7-12(2)3)21(29)25-22-23-5-6-32-22/h5-6,8-10,12,15H,4,7,11H2,1-3H3,(H,24,28)(H,23,25,29)/t15-/m0/s1. The molecular weight excluding hydrogens is 432 g/mol. The van der Waals surface area contributed by atoms with Gasteiger partial charge in [-0.15, -0.1) is 11.3 Å². The number of amides is 2. The molecular formula is C22H24N4O5S. The van der Waals surface area contributed by atoms with E-state index < -0.39 is 17.4 Å². The molecule has 1 atom stereocenters. The van der Waals surface area contributed by atoms with Crippen molar-refractivity contribution in [2.45, 2.75) is 39.8 Å². The van der Waals surface area contributed by atoms with Crippen molar-refractivity contribution in [3.05, 3.63) is 45.7 Å². The maximum atomic E-state index is 13.2. The number of aryl methyl sites for hydroxylation is 1. The number of pyridine rings is 1. The van der Waals surface area contributed by atoms with E-state index in [9.17, 15) is 14.4 Å². The smallest absolute Gasteiger partial charge is 0.257 e. The van der Waals surface area contributed by atoms with Gasteiger partial charge in [0.05, 0.1) is 10.9 Å². The monoisotopic (exact) mass is 456 g/mol. The molecule has 0 fully saturated rings. The number of hydrogen-bond acceptors (Lipinski definition) is 7. The van der Waals surface area contributed by atoms with Crippen LogP contribution in [0.2, 0.25) is 0 Å². The number of rotatable bonds is 7. The molecule has 0 bridgehead atoms. The first-order valence-corrected chi connectivity index (χ1v) is 11.2. The van der Waals surface area contributed by atoms with E-state index in [0.717, 1.165) is 0 Å². The average molecular weight is 457 g/mol. The van der Waals surface area contributed by atoms with Gasteiger partial charge in [-0.05, 0) is 25.3 Å². The molecule has 9 nitrogen and oxygen atoms in total. The molecule has 2 amide bonds. The van der Waals surface area contributed by atoms with Gasteiger partial charge in [0.15, 0.2) is 16.6 Å². The van der Waals surface area contributed by atoms with Crippen molar-refractivity contribution < 1.29 is 19.1 Å². The summed E-state index contributed by atoms with van der Waals surface area (Å²) >= 11 is 1.29. The molecule has 0 aliphatic carbocycles. The van der Waals surface area contributed by atoms with Gasteiger partial charge in [-0.25, -0.2) is 4.98 Å². The summed E-state index contributed by atoms with van der Waals surface area (Å²) in [5, 5.41) is 8.02. The minimum atomic E-state index is -0.812. The summed E-state index contributed by atoms with van der Waals surface area (Å²) in [6.45, 7) is 6.46. The zero-order valence-electron chi connectivity index (χ0n) is 18.0. The molecule has 0 spiro atoms. The Morgan fingerprint density at radius 2 is 2.00 bits per heavy atom. The van der Waals surface area contributed by atoms with Crippen molar-refractivity contribution in [3.8, 4) is 11.5 Å². The van der Waals surface area contributed by atoms with Crippen molar-refractivity contribution in [3.63, 3.8) is 0 Å². The van der Waals surface area contributed by atoms with Crippen LogP contribution in [0.15, 0.2) is 34.7 Å². The second-order valence-electron chi connectivity index (χ2n) is 7.86. The molecule has 2 N–H and O–H groups in total. The Morgan fingerprint density at radius 1 is 1.25 bits per heavy atom. The van der Waals surface area contributed by atoms with Crippen molar-refractivity contribution in [1.29, 1.82) is 0 Å². The van der Waals surface area contributed by atoms with Gasteiger partial charge in [0.1, 0.15) is 11.6 Å². The van der Waals surface area contributed by atoms with Crippen LogP contribution >= 0.6 is 11.3 Å². The van der Waals surface area contributed by atoms with Gasteiger partial charge < -0.3 is 24.7 Å². The highest BCUT2D eigenvalue weighted by atomic mass is 32.1. The zero-order chi connectivity index (χ0) is 22.8. The van der Waals surface area contributed by atoms with Gasteiger partial charge in [-0.2, -0.15) is 0 Å². The fourth-order valence-corrected chi connectivity index (χ4v) is 4.15. The lowest BCUT2D eigenvalue weighted by Gasteiger charge is -2.20. The lowest BCUT2D eigenvalue weighted by Crippen LogP contribution is -2.45. The third-order valence-electron chi connectivity index (χ3n) is 5.15. The summed E-state index contributed by atoms with van der Waals surface area (Å²) in [6.07, 6.45) is 3.52. The summed E-state index contributed by atoms with van der Waals surface area (Å²) in [4.78, 5) is 43.2. The van der Waals surface area contributed by atoms with Crippen molar-refractivity contribution in [2.24, 2.45) is 5.92 Å². The number of fused-ring (bicyclic) bond motifs is 2. The summed E-state index contributed by atoms with van der Waals surface area (Å²) in [5.41, 5.74) is 0.191. The van der Waals surface area contributed by atoms with Gasteiger partial charge >= 0.3 is 0 Å². The third kappa shape index (κ3) is 4.31. The first-order chi connectivity index (χ1) is 15.4. The fourth-order valence-electron chi connectivity index (χ4n) is 3.62. The molecule has 3 aromatic rings. The van der Waals surface area contributed by atoms with Crippen LogP contribution in [-0.4, -0.2) is 34.2 Å². The zero-order valence-corrected chi connectivity index (χ0v) is 18.8. The Balaban J connectivity index is 1.66. The summed E-state index contributed by atoms with van der Waals surface area (Å²) in [5.74, 6) is 0.201. The lowest BCUT2D eigenvalue weighted by atomic mass is 10.0. The summed E-state index contributed by atoms with van der Waals surface area (Å²) in [6, 6.07) is 2.53. The molecule has 4 rings (SSSR count). The van der Waals surface area contributed by atoms with Gasteiger partial charge in [0.25, 0.3) is 5.91 Å². The van der Waals surface area contributed by atoms with Crippen LogP contribution in [0.1, 0.15) is 37.6 Å². The van der Waals surface area contributed by atoms with Crippen LogP contribution in [0.3, 0.4) is 0 Å². The SMILES string of the molecule is CCn1cc(C(=O)N[C@@H](CC(C)C)C(=O)Nc2nccs2)c(=O)c2cc3c(cc21)OCO3. The predicted molar refractivity (Wildman–Crippen MR) is 121 cm³/mol. The number of anilines is 1. The van der Waals surface area contributed by atoms with E-state index in [2.05, 4.69) is 15.6 Å². The summed E-state index contributed by atoms with van der Waals surface area (Å²) < 4.78 is 12.6. The number of nitrogens with zero attached hydrogens (tertiary/aromatic N) is 2. The number of hydrogen-bond donors (Lipinski definition) is 2. The Labute approximate surface area is 188 Å². The topological polar surface area (TPSA) is 112 Å². The molecule has 168 valence electrons. The van der Waals surface area contributed by atoms with Crippen LogP contribution in [0, 0.1) is 5.92 Å². The molecule has 0 saturated carbocycles. The lowest BCUT2D eigenvalue weighted by molar-refractivity contribution is -0.118. The highest BCUT2D eigenvalue weighted by Gasteiger charge is 2.26. The highest BCUT2D eigenvalue weighted by molar-refractivity contribution is 7.13. The number of nitrogens with one attached hydrogen (secondary N) is 2. The molecule has 0 radical (unpaired) electrons. The van der Waals surface area contributed by atoms with Crippen LogP contribution in [0.5, 0.6) is 11.5 Å². The van der Waals surface area contributed by atoms with Crippen LogP contribution in [0.4, 0.5) is 5.13 Å². The number of thiazole rings is 1. The van der Waals surface area contributed by atoms with Gasteiger partial charge in [-0.1, -0.05) is 13.8 Å². The molecule has 1 aromatic carbocycles. The van der Waals surface area contributed by atoms with E-state index in [1.54, 1.807) is 28.3 Å². The van der Waals surface area contributed by atoms with Gasteiger partial charge in [-0.3, -0.25) is 14.4 Å². The van der Waals surface area contributed by atoms with E-state index in [1.165, 1.54) is 17.5 Å². The number of carbonyl (C=O) groups is 2. The minimum absolute atomic E-state index is 0.0333. The first kappa shape index (κ1) is 21.8. The number of benzene rings is 1. The normalized spacial score (nSPS) is 13.4. The van der Waals surface area contributed by atoms with Gasteiger partial charge in [0.2, 0.25) is 18.1 Å². The van der Waals surface area contributed by atoms with Crippen LogP contribution < -0.4 is 25.5 Å². The van der Waals surface area contributed by atoms with Crippen molar-refractivity contribution in [1.82, 2.24) is 14.9 Å². The number of ether oxygens (including phenoxy) is 2. The van der Waals surface area contributed by atoms with E-state index >= 15 is 0 Å². The molecule has 0 unspecified atom stereocenters. The van der Waals surface area contributed by atoms with Crippen molar-refractivity contribution >= 4 is 39.2 Å². The Morgan fingerprint density at radius 3 is 2.66 bits per heavy atom. The molecule has 0 saturated heterocycles. The highest BCUT2D eigenvalue weighted by Crippen LogP contribution is 2.35. The predicted octanol–water partition coefficient (Wildman–Crippen LogP) is 2.99. The Hall–Kier alpha value is -3.40. The molecule has 1 aliphatic rings. The molecule has 1 aliphatic heterocycles. The third-order valence-corrected chi connectivity index (χ3v) is 5.84. The average Bonchev–Trinajstić information content (AvgIpc) is 3.43. The Bertz CT molecular complexity index is 1220. The fraction of sp³-hybridized carbons (Fsp3) is 0.364. The molecule has 10 heteroatoms. The largest absolute Gasteiger partial charge is 0.454 e. The summed E-state index contributed by atoms with van der Waals surface area (Å²) in [7, 11) is 0. The number of carbonyl (C=O) groups excluding carboxylic acids is 2. The first-order valence-electron chi connectivity index (χ1n) is 10.3. The second kappa shape index (κ2) is 8.99. The van der Waals surface area contributed by atoms with Crippen LogP contribution in [-0.2, 0) is 11.3 Å². The maximum absolute atomic E-state index is 13.2. The quantitative estimate of drug-likeness (QED) is 0.565. The van der Waals surface area contributed by atoms with E-state index in [1.807, 2.05) is 20.8 Å². The van der Waals surface area contributed by atoms with Crippen LogP contribution in [0.25, 0.3) is 10.9 Å². The number of aromatic nitrogens is 2.